The van der Waals surface area contributed by atoms with Gasteiger partial charge in [-0.05, 0) is 30.0 Å². The van der Waals surface area contributed by atoms with E-state index in [1.807, 2.05) is 24.3 Å². The van der Waals surface area contributed by atoms with E-state index < -0.39 is 0 Å². The van der Waals surface area contributed by atoms with Crippen molar-refractivity contribution in [1.82, 2.24) is 10.6 Å². The molecule has 0 aliphatic carbocycles. The minimum Gasteiger partial charge on any atom is -0.497 e. The molecule has 5 heteroatoms. The van der Waals surface area contributed by atoms with Crippen LogP contribution < -0.4 is 15.4 Å². The lowest BCUT2D eigenvalue weighted by Gasteiger charge is -2.23. The second kappa shape index (κ2) is 8.43. The van der Waals surface area contributed by atoms with Crippen molar-refractivity contribution in [2.24, 2.45) is 5.92 Å². The molecule has 5 nitrogen and oxygen atoms in total. The van der Waals surface area contributed by atoms with E-state index >= 15 is 0 Å². The van der Waals surface area contributed by atoms with Crippen molar-refractivity contribution in [2.45, 2.75) is 26.3 Å². The first kappa shape index (κ1) is 16.3. The van der Waals surface area contributed by atoms with E-state index in [0.717, 1.165) is 11.3 Å². The van der Waals surface area contributed by atoms with Crippen molar-refractivity contribution in [1.29, 1.82) is 0 Å². The number of urea groups is 1. The van der Waals surface area contributed by atoms with Gasteiger partial charge in [-0.25, -0.2) is 4.79 Å². The van der Waals surface area contributed by atoms with Crippen LogP contribution in [0.4, 0.5) is 4.79 Å². The maximum absolute atomic E-state index is 11.8. The van der Waals surface area contributed by atoms with Gasteiger partial charge in [-0.15, -0.1) is 0 Å². The van der Waals surface area contributed by atoms with Crippen LogP contribution in [0.15, 0.2) is 24.3 Å². The summed E-state index contributed by atoms with van der Waals surface area (Å²) < 4.78 is 5.13. The molecule has 1 rings (SSSR count). The second-order valence-electron chi connectivity index (χ2n) is 4.97. The number of aliphatic hydroxyl groups is 1. The van der Waals surface area contributed by atoms with Crippen LogP contribution in [0.3, 0.4) is 0 Å². The number of nitrogens with one attached hydrogen (secondary N) is 2. The molecule has 1 atom stereocenters. The van der Waals surface area contributed by atoms with Crippen LogP contribution in [0, 0.1) is 5.92 Å². The molecular weight excluding hydrogens is 256 g/mol. The van der Waals surface area contributed by atoms with Crippen LogP contribution in [-0.4, -0.2) is 31.4 Å². The van der Waals surface area contributed by atoms with E-state index in [0.29, 0.717) is 13.0 Å². The van der Waals surface area contributed by atoms with Gasteiger partial charge in [0.25, 0.3) is 0 Å². The number of aliphatic hydroxyl groups excluding tert-OH is 1. The smallest absolute Gasteiger partial charge is 0.315 e. The van der Waals surface area contributed by atoms with Crippen LogP contribution in [0.2, 0.25) is 0 Å². The average Bonchev–Trinajstić information content (AvgIpc) is 2.45. The first-order valence-corrected chi connectivity index (χ1v) is 6.87. The second-order valence-corrected chi connectivity index (χ2v) is 4.97. The van der Waals surface area contributed by atoms with E-state index in [4.69, 9.17) is 9.84 Å². The molecule has 20 heavy (non-hydrogen) atoms. The van der Waals surface area contributed by atoms with Crippen LogP contribution in [-0.2, 0) is 0 Å². The zero-order valence-electron chi connectivity index (χ0n) is 12.3. The Morgan fingerprint density at radius 3 is 2.45 bits per heavy atom. The third-order valence-corrected chi connectivity index (χ3v) is 3.05. The topological polar surface area (TPSA) is 70.6 Å². The third kappa shape index (κ3) is 5.09. The van der Waals surface area contributed by atoms with Gasteiger partial charge in [-0.2, -0.15) is 0 Å². The zero-order chi connectivity index (χ0) is 15.0. The number of hydrogen-bond acceptors (Lipinski definition) is 3. The van der Waals surface area contributed by atoms with E-state index in [1.54, 1.807) is 7.11 Å². The quantitative estimate of drug-likeness (QED) is 0.670. The molecule has 0 saturated carbocycles. The molecule has 0 radical (unpaired) electrons. The fraction of sp³-hybridized carbons (Fsp3) is 0.533. The Hall–Kier alpha value is -1.75. The van der Waals surface area contributed by atoms with Crippen LogP contribution >= 0.6 is 0 Å². The number of benzene rings is 1. The summed E-state index contributed by atoms with van der Waals surface area (Å²) >= 11 is 0. The van der Waals surface area contributed by atoms with E-state index in [-0.39, 0.29) is 24.6 Å². The Kier molecular flexibility index (Phi) is 6.87. The number of carbonyl (C=O) groups is 1. The molecule has 0 aromatic heterocycles. The van der Waals surface area contributed by atoms with Crippen molar-refractivity contribution in [2.75, 3.05) is 20.3 Å². The molecule has 0 saturated heterocycles. The Morgan fingerprint density at radius 2 is 1.95 bits per heavy atom. The van der Waals surface area contributed by atoms with Crippen molar-refractivity contribution in [3.63, 3.8) is 0 Å². The predicted octanol–water partition coefficient (Wildman–Crippen LogP) is 2.07. The molecule has 0 aliphatic heterocycles. The van der Waals surface area contributed by atoms with Gasteiger partial charge in [-0.1, -0.05) is 26.0 Å². The summed E-state index contributed by atoms with van der Waals surface area (Å²) in [6.45, 7) is 4.66. The lowest BCUT2D eigenvalue weighted by atomic mass is 9.96. The fourth-order valence-corrected chi connectivity index (χ4v) is 1.92. The van der Waals surface area contributed by atoms with Crippen molar-refractivity contribution < 1.29 is 14.6 Å². The van der Waals surface area contributed by atoms with Crippen LogP contribution in [0.1, 0.15) is 31.9 Å². The highest BCUT2D eigenvalue weighted by Crippen LogP contribution is 2.23. The van der Waals surface area contributed by atoms with Crippen LogP contribution in [0.25, 0.3) is 0 Å². The lowest BCUT2D eigenvalue weighted by molar-refractivity contribution is 0.230. The number of amides is 2. The standard InChI is InChI=1S/C15H24N2O3/c1-11(2)14(17-15(19)16-9-4-10-18)12-5-7-13(20-3)8-6-12/h5-8,11,14,18H,4,9-10H2,1-3H3,(H2,16,17,19). The first-order chi connectivity index (χ1) is 9.58. The molecule has 1 aromatic carbocycles. The number of ether oxygens (including phenoxy) is 1. The van der Waals surface area contributed by atoms with Gasteiger partial charge in [0.15, 0.2) is 0 Å². The molecule has 0 spiro atoms. The number of methoxy groups -OCH3 is 1. The molecule has 2 amide bonds. The Balaban J connectivity index is 2.65. The van der Waals surface area contributed by atoms with Gasteiger partial charge < -0.3 is 20.5 Å². The number of rotatable bonds is 7. The molecule has 112 valence electrons. The molecule has 0 fully saturated rings. The molecule has 0 aliphatic rings. The molecule has 3 N–H and O–H groups in total. The van der Waals surface area contributed by atoms with E-state index in [1.165, 1.54) is 0 Å². The summed E-state index contributed by atoms with van der Waals surface area (Å²) in [5.41, 5.74) is 1.04. The van der Waals surface area contributed by atoms with Gasteiger partial charge >= 0.3 is 6.03 Å². The summed E-state index contributed by atoms with van der Waals surface area (Å²) in [6, 6.07) is 7.41. The fourth-order valence-electron chi connectivity index (χ4n) is 1.92. The van der Waals surface area contributed by atoms with Gasteiger partial charge in [0.05, 0.1) is 13.2 Å². The van der Waals surface area contributed by atoms with Gasteiger partial charge in [-0.3, -0.25) is 0 Å². The summed E-state index contributed by atoms with van der Waals surface area (Å²) in [5.74, 6) is 1.07. The first-order valence-electron chi connectivity index (χ1n) is 6.87. The van der Waals surface area contributed by atoms with Gasteiger partial charge in [0, 0.05) is 13.2 Å². The van der Waals surface area contributed by atoms with E-state index in [2.05, 4.69) is 24.5 Å². The molecular formula is C15H24N2O3. The van der Waals surface area contributed by atoms with Crippen molar-refractivity contribution in [3.8, 4) is 5.75 Å². The summed E-state index contributed by atoms with van der Waals surface area (Å²) in [5, 5.41) is 14.4. The van der Waals surface area contributed by atoms with Crippen LogP contribution in [0.5, 0.6) is 5.75 Å². The Labute approximate surface area is 120 Å². The summed E-state index contributed by atoms with van der Waals surface area (Å²) in [7, 11) is 1.63. The monoisotopic (exact) mass is 280 g/mol. The highest BCUT2D eigenvalue weighted by atomic mass is 16.5. The van der Waals surface area contributed by atoms with Gasteiger partial charge in [0.1, 0.15) is 5.75 Å². The molecule has 0 bridgehead atoms. The number of carbonyl (C=O) groups excluding carboxylic acids is 1. The maximum Gasteiger partial charge on any atom is 0.315 e. The summed E-state index contributed by atoms with van der Waals surface area (Å²) in [4.78, 5) is 11.8. The largest absolute Gasteiger partial charge is 0.497 e. The average molecular weight is 280 g/mol. The third-order valence-electron chi connectivity index (χ3n) is 3.05. The van der Waals surface area contributed by atoms with Crippen molar-refractivity contribution >= 4 is 6.03 Å². The Morgan fingerprint density at radius 1 is 1.30 bits per heavy atom. The normalized spacial score (nSPS) is 12.1. The molecule has 1 unspecified atom stereocenters. The highest BCUT2D eigenvalue weighted by molar-refractivity contribution is 5.74. The minimum atomic E-state index is -0.215. The predicted molar refractivity (Wildman–Crippen MR) is 78.8 cm³/mol. The maximum atomic E-state index is 11.8. The molecule has 1 aromatic rings. The SMILES string of the molecule is COc1ccc(C(NC(=O)NCCCO)C(C)C)cc1. The Bertz CT molecular complexity index is 404. The minimum absolute atomic E-state index is 0.0602. The van der Waals surface area contributed by atoms with Crippen molar-refractivity contribution in [3.05, 3.63) is 29.8 Å². The molecule has 0 heterocycles. The highest BCUT2D eigenvalue weighted by Gasteiger charge is 2.18. The zero-order valence-corrected chi connectivity index (χ0v) is 12.3. The van der Waals surface area contributed by atoms with Gasteiger partial charge in [0.2, 0.25) is 0 Å². The number of hydrogen-bond donors (Lipinski definition) is 3. The lowest BCUT2D eigenvalue weighted by Crippen LogP contribution is -2.40. The van der Waals surface area contributed by atoms with E-state index in [9.17, 15) is 4.79 Å². The summed E-state index contributed by atoms with van der Waals surface area (Å²) in [6.07, 6.45) is 0.558.